The molecular formula is C11H18N2O4S2. The highest BCUT2D eigenvalue weighted by Gasteiger charge is 2.16. The van der Waals surface area contributed by atoms with Gasteiger partial charge in [-0.25, -0.2) is 16.8 Å². The third-order valence-electron chi connectivity index (χ3n) is 2.54. The predicted molar refractivity (Wildman–Crippen MR) is 77.4 cm³/mol. The number of benzene rings is 1. The molecule has 0 amide bonds. The van der Waals surface area contributed by atoms with Gasteiger partial charge in [-0.15, -0.1) is 0 Å². The van der Waals surface area contributed by atoms with Crippen molar-refractivity contribution < 1.29 is 16.8 Å². The fraction of sp³-hybridized carbons (Fsp3) is 0.455. The SMILES string of the molecule is Cc1cc(N)cc(C)c1NS(=O)(=O)CCS(C)(=O)=O. The molecule has 0 aliphatic rings. The van der Waals surface area contributed by atoms with Crippen molar-refractivity contribution in [2.45, 2.75) is 13.8 Å². The first-order chi connectivity index (χ1) is 8.50. The van der Waals surface area contributed by atoms with E-state index in [9.17, 15) is 16.8 Å². The van der Waals surface area contributed by atoms with Crippen molar-refractivity contribution in [3.05, 3.63) is 23.3 Å². The topological polar surface area (TPSA) is 106 Å². The van der Waals surface area contributed by atoms with E-state index in [1.54, 1.807) is 26.0 Å². The van der Waals surface area contributed by atoms with E-state index in [-0.39, 0.29) is 0 Å². The summed E-state index contributed by atoms with van der Waals surface area (Å²) in [7, 11) is -7.01. The van der Waals surface area contributed by atoms with Crippen LogP contribution < -0.4 is 10.5 Å². The lowest BCUT2D eigenvalue weighted by Crippen LogP contribution is -2.23. The highest BCUT2D eigenvalue weighted by atomic mass is 32.2. The largest absolute Gasteiger partial charge is 0.399 e. The summed E-state index contributed by atoms with van der Waals surface area (Å²) in [5.41, 5.74) is 8.04. The monoisotopic (exact) mass is 306 g/mol. The normalized spacial score (nSPS) is 12.4. The Morgan fingerprint density at radius 2 is 1.53 bits per heavy atom. The molecule has 1 aromatic rings. The zero-order chi connectivity index (χ0) is 14.8. The average molecular weight is 306 g/mol. The molecule has 3 N–H and O–H groups in total. The van der Waals surface area contributed by atoms with Crippen molar-refractivity contribution in [3.8, 4) is 0 Å². The number of nitrogens with one attached hydrogen (secondary N) is 1. The molecule has 0 bridgehead atoms. The van der Waals surface area contributed by atoms with E-state index < -0.39 is 31.4 Å². The Hall–Kier alpha value is -1.28. The maximum absolute atomic E-state index is 11.8. The van der Waals surface area contributed by atoms with Crippen molar-refractivity contribution in [3.63, 3.8) is 0 Å². The number of sulfone groups is 1. The Morgan fingerprint density at radius 1 is 1.05 bits per heavy atom. The van der Waals surface area contributed by atoms with Gasteiger partial charge in [-0.05, 0) is 37.1 Å². The summed E-state index contributed by atoms with van der Waals surface area (Å²) in [5.74, 6) is -0.871. The molecule has 108 valence electrons. The number of nitrogen functional groups attached to an aromatic ring is 1. The Labute approximate surface area is 114 Å². The van der Waals surface area contributed by atoms with Crippen LogP contribution in [-0.2, 0) is 19.9 Å². The van der Waals surface area contributed by atoms with Crippen LogP contribution in [0.3, 0.4) is 0 Å². The number of nitrogens with two attached hydrogens (primary N) is 1. The Morgan fingerprint density at radius 3 is 1.95 bits per heavy atom. The quantitative estimate of drug-likeness (QED) is 0.778. The molecule has 0 aliphatic heterocycles. The van der Waals surface area contributed by atoms with Crippen LogP contribution in [0.1, 0.15) is 11.1 Å². The van der Waals surface area contributed by atoms with Gasteiger partial charge in [0.15, 0.2) is 0 Å². The molecule has 8 heteroatoms. The van der Waals surface area contributed by atoms with Crippen LogP contribution in [0.2, 0.25) is 0 Å². The Kier molecular flexibility index (Phi) is 4.46. The summed E-state index contributed by atoms with van der Waals surface area (Å²) in [6.45, 7) is 3.47. The molecule has 0 spiro atoms. The molecule has 0 aromatic heterocycles. The van der Waals surface area contributed by atoms with E-state index in [1.165, 1.54) is 0 Å². The Bertz CT molecular complexity index is 656. The lowest BCUT2D eigenvalue weighted by molar-refractivity contribution is 0.593. The smallest absolute Gasteiger partial charge is 0.233 e. The van der Waals surface area contributed by atoms with Crippen LogP contribution in [0.4, 0.5) is 11.4 Å². The molecule has 0 saturated heterocycles. The lowest BCUT2D eigenvalue weighted by Gasteiger charge is -2.13. The molecule has 0 unspecified atom stereocenters. The van der Waals surface area contributed by atoms with Gasteiger partial charge in [0, 0.05) is 11.9 Å². The minimum atomic E-state index is -3.70. The van der Waals surface area contributed by atoms with Crippen molar-refractivity contribution in [2.24, 2.45) is 0 Å². The second-order valence-corrected chi connectivity index (χ2v) is 8.68. The molecule has 0 aliphatic carbocycles. The number of hydrogen-bond acceptors (Lipinski definition) is 5. The van der Waals surface area contributed by atoms with E-state index in [0.29, 0.717) is 22.5 Å². The molecule has 0 heterocycles. The summed E-state index contributed by atoms with van der Waals surface area (Å²) in [6.07, 6.45) is 1.00. The van der Waals surface area contributed by atoms with Crippen LogP contribution in [-0.4, -0.2) is 34.6 Å². The molecule has 0 fully saturated rings. The first kappa shape index (κ1) is 15.8. The molecule has 6 nitrogen and oxygen atoms in total. The molecule has 0 atom stereocenters. The van der Waals surface area contributed by atoms with Gasteiger partial charge in [0.2, 0.25) is 10.0 Å². The third kappa shape index (κ3) is 5.07. The van der Waals surface area contributed by atoms with Gasteiger partial charge in [-0.3, -0.25) is 4.72 Å². The zero-order valence-corrected chi connectivity index (χ0v) is 12.7. The van der Waals surface area contributed by atoms with E-state index >= 15 is 0 Å². The standard InChI is InChI=1S/C11H18N2O4S2/c1-8-6-10(12)7-9(2)11(8)13-19(16,17)5-4-18(3,14)15/h6-7,13H,4-5,12H2,1-3H3. The van der Waals surface area contributed by atoms with Gasteiger partial charge >= 0.3 is 0 Å². The fourth-order valence-corrected chi connectivity index (χ4v) is 4.45. The third-order valence-corrected chi connectivity index (χ3v) is 5.00. The van der Waals surface area contributed by atoms with Crippen LogP contribution >= 0.6 is 0 Å². The lowest BCUT2D eigenvalue weighted by atomic mass is 10.1. The number of aryl methyl sites for hydroxylation is 2. The number of rotatable bonds is 5. The summed E-state index contributed by atoms with van der Waals surface area (Å²) in [5, 5.41) is 0. The average Bonchev–Trinajstić information content (AvgIpc) is 2.20. The zero-order valence-electron chi connectivity index (χ0n) is 11.1. The van der Waals surface area contributed by atoms with Gasteiger partial charge in [0.25, 0.3) is 0 Å². The maximum Gasteiger partial charge on any atom is 0.233 e. The fourth-order valence-electron chi connectivity index (χ4n) is 1.63. The minimum absolute atomic E-state index is 0.407. The first-order valence-corrected chi connectivity index (χ1v) is 9.26. The van der Waals surface area contributed by atoms with Gasteiger partial charge in [0.1, 0.15) is 9.84 Å². The first-order valence-electron chi connectivity index (χ1n) is 5.55. The molecule has 0 saturated carbocycles. The molecule has 1 rings (SSSR count). The highest BCUT2D eigenvalue weighted by Crippen LogP contribution is 2.24. The van der Waals surface area contributed by atoms with Gasteiger partial charge in [-0.1, -0.05) is 0 Å². The van der Waals surface area contributed by atoms with Gasteiger partial charge in [0.05, 0.1) is 17.2 Å². The van der Waals surface area contributed by atoms with Crippen molar-refractivity contribution in [1.29, 1.82) is 0 Å². The van der Waals surface area contributed by atoms with Crippen molar-refractivity contribution in [1.82, 2.24) is 0 Å². The minimum Gasteiger partial charge on any atom is -0.399 e. The summed E-state index contributed by atoms with van der Waals surface area (Å²) in [6, 6.07) is 3.31. The molecular weight excluding hydrogens is 288 g/mol. The molecule has 0 radical (unpaired) electrons. The van der Waals surface area contributed by atoms with Crippen LogP contribution in [0.5, 0.6) is 0 Å². The molecule has 1 aromatic carbocycles. The predicted octanol–water partition coefficient (Wildman–Crippen LogP) is 0.672. The van der Waals surface area contributed by atoms with E-state index in [4.69, 9.17) is 5.73 Å². The molecule has 19 heavy (non-hydrogen) atoms. The number of anilines is 2. The van der Waals surface area contributed by atoms with E-state index in [2.05, 4.69) is 4.72 Å². The summed E-state index contributed by atoms with van der Waals surface area (Å²) < 4.78 is 48.1. The van der Waals surface area contributed by atoms with E-state index in [0.717, 1.165) is 6.26 Å². The Balaban J connectivity index is 2.96. The number of sulfonamides is 1. The van der Waals surface area contributed by atoms with Gasteiger partial charge < -0.3 is 5.73 Å². The summed E-state index contributed by atoms with van der Waals surface area (Å²) >= 11 is 0. The van der Waals surface area contributed by atoms with Crippen molar-refractivity contribution in [2.75, 3.05) is 28.2 Å². The second kappa shape index (κ2) is 5.38. The van der Waals surface area contributed by atoms with Crippen molar-refractivity contribution >= 4 is 31.2 Å². The maximum atomic E-state index is 11.8. The summed E-state index contributed by atoms with van der Waals surface area (Å²) in [4.78, 5) is 0. The second-order valence-electron chi connectivity index (χ2n) is 4.58. The number of hydrogen-bond donors (Lipinski definition) is 2. The highest BCUT2D eigenvalue weighted by molar-refractivity contribution is 7.95. The van der Waals surface area contributed by atoms with E-state index in [1.807, 2.05) is 0 Å². The van der Waals surface area contributed by atoms with Crippen LogP contribution in [0.15, 0.2) is 12.1 Å². The van der Waals surface area contributed by atoms with Crippen LogP contribution in [0.25, 0.3) is 0 Å². The van der Waals surface area contributed by atoms with Gasteiger partial charge in [-0.2, -0.15) is 0 Å². The van der Waals surface area contributed by atoms with Crippen LogP contribution in [0, 0.1) is 13.8 Å².